The number of likely N-dealkylation sites (tertiary alicyclic amines) is 1. The van der Waals surface area contributed by atoms with Crippen LogP contribution < -0.4 is 5.32 Å². The Hall–Kier alpha value is -2.02. The number of nitrogens with zero attached hydrogens (tertiary/aromatic N) is 3. The lowest BCUT2D eigenvalue weighted by molar-refractivity contribution is -0.133. The number of piperidine rings is 1. The summed E-state index contributed by atoms with van der Waals surface area (Å²) < 4.78 is 1.95. The fraction of sp³-hybridized carbons (Fsp3) is 0.571. The number of imidazole rings is 1. The zero-order chi connectivity index (χ0) is 20.3. The van der Waals surface area contributed by atoms with E-state index in [0.717, 1.165) is 37.0 Å². The third kappa shape index (κ3) is 5.28. The number of carbonyl (C=O) groups excluding carboxylic acids is 2. The Bertz CT molecular complexity index is 848. The number of benzene rings is 1. The van der Waals surface area contributed by atoms with Crippen LogP contribution >= 0.6 is 11.8 Å². The van der Waals surface area contributed by atoms with Crippen molar-refractivity contribution in [2.45, 2.75) is 57.8 Å². The highest BCUT2D eigenvalue weighted by Gasteiger charge is 2.23. The van der Waals surface area contributed by atoms with Crippen LogP contribution in [0.1, 0.15) is 40.5 Å². The van der Waals surface area contributed by atoms with Crippen LogP contribution in [0.5, 0.6) is 0 Å². The van der Waals surface area contributed by atoms with E-state index in [0.29, 0.717) is 11.1 Å². The lowest BCUT2D eigenvalue weighted by Crippen LogP contribution is -2.41. The summed E-state index contributed by atoms with van der Waals surface area (Å²) in [5, 5.41) is 3.68. The van der Waals surface area contributed by atoms with Crippen molar-refractivity contribution in [1.82, 2.24) is 19.8 Å². The van der Waals surface area contributed by atoms with Gasteiger partial charge in [0.05, 0.1) is 16.8 Å². The third-order valence-corrected chi connectivity index (χ3v) is 5.87. The molecule has 2 heterocycles. The minimum absolute atomic E-state index is 0.0348. The van der Waals surface area contributed by atoms with Crippen LogP contribution in [0.2, 0.25) is 0 Å². The summed E-state index contributed by atoms with van der Waals surface area (Å²) in [6, 6.07) is 7.81. The number of nitrogens with one attached hydrogen (secondary N) is 1. The van der Waals surface area contributed by atoms with E-state index in [1.807, 2.05) is 54.5 Å². The van der Waals surface area contributed by atoms with Crippen LogP contribution in [-0.4, -0.2) is 50.6 Å². The molecule has 7 heteroatoms. The standard InChI is InChI=1S/C21H30N4O2S/c1-15-9-11-24(12-10-15)19(27)13-25-17-8-6-5-7-16(17)22-20(25)28-14-18(26)23-21(2,3)4/h5-8,15H,9-14H2,1-4H3,(H,23,26). The van der Waals surface area contributed by atoms with Gasteiger partial charge in [-0.2, -0.15) is 0 Å². The van der Waals surface area contributed by atoms with E-state index in [4.69, 9.17) is 0 Å². The molecule has 1 saturated heterocycles. The van der Waals surface area contributed by atoms with Gasteiger partial charge in [0.15, 0.2) is 5.16 Å². The number of hydrogen-bond donors (Lipinski definition) is 1. The molecule has 0 atom stereocenters. The number of hydrogen-bond acceptors (Lipinski definition) is 4. The molecule has 0 spiro atoms. The minimum atomic E-state index is -0.265. The van der Waals surface area contributed by atoms with Gasteiger partial charge in [0.1, 0.15) is 6.54 Å². The molecule has 1 aliphatic heterocycles. The van der Waals surface area contributed by atoms with Crippen LogP contribution in [0.3, 0.4) is 0 Å². The van der Waals surface area contributed by atoms with Gasteiger partial charge in [0, 0.05) is 18.6 Å². The Balaban J connectivity index is 1.75. The molecule has 0 saturated carbocycles. The number of thioether (sulfide) groups is 1. The van der Waals surface area contributed by atoms with Crippen molar-refractivity contribution in [3.63, 3.8) is 0 Å². The van der Waals surface area contributed by atoms with Crippen molar-refractivity contribution in [3.05, 3.63) is 24.3 Å². The number of amides is 2. The first-order valence-electron chi connectivity index (χ1n) is 9.90. The second-order valence-corrected chi connectivity index (χ2v) is 9.56. The molecule has 0 radical (unpaired) electrons. The van der Waals surface area contributed by atoms with E-state index in [1.165, 1.54) is 11.8 Å². The number of para-hydroxylation sites is 2. The second kappa shape index (κ2) is 8.55. The highest BCUT2D eigenvalue weighted by Crippen LogP contribution is 2.25. The number of aromatic nitrogens is 2. The van der Waals surface area contributed by atoms with Crippen LogP contribution in [0.25, 0.3) is 11.0 Å². The van der Waals surface area contributed by atoms with E-state index in [9.17, 15) is 9.59 Å². The SMILES string of the molecule is CC1CCN(C(=O)Cn2c(SCC(=O)NC(C)(C)C)nc3ccccc32)CC1. The van der Waals surface area contributed by atoms with Crippen LogP contribution in [-0.2, 0) is 16.1 Å². The van der Waals surface area contributed by atoms with Gasteiger partial charge in [0.25, 0.3) is 0 Å². The zero-order valence-corrected chi connectivity index (χ0v) is 18.0. The summed E-state index contributed by atoms with van der Waals surface area (Å²) in [5.74, 6) is 1.05. The van der Waals surface area contributed by atoms with E-state index in [1.54, 1.807) is 0 Å². The quantitative estimate of drug-likeness (QED) is 0.779. The predicted molar refractivity (Wildman–Crippen MR) is 113 cm³/mol. The van der Waals surface area contributed by atoms with Crippen molar-refractivity contribution in [3.8, 4) is 0 Å². The Morgan fingerprint density at radius 3 is 2.57 bits per heavy atom. The average molecular weight is 403 g/mol. The Kier molecular flexibility index (Phi) is 6.33. The molecule has 2 amide bonds. The summed E-state index contributed by atoms with van der Waals surface area (Å²) >= 11 is 1.38. The fourth-order valence-electron chi connectivity index (χ4n) is 3.39. The van der Waals surface area contributed by atoms with E-state index >= 15 is 0 Å². The molecule has 1 aromatic heterocycles. The van der Waals surface area contributed by atoms with Crippen LogP contribution in [0, 0.1) is 5.92 Å². The van der Waals surface area contributed by atoms with Crippen molar-refractivity contribution in [1.29, 1.82) is 0 Å². The molecule has 0 unspecified atom stereocenters. The van der Waals surface area contributed by atoms with Gasteiger partial charge < -0.3 is 14.8 Å². The molecule has 0 bridgehead atoms. The van der Waals surface area contributed by atoms with Gasteiger partial charge in [0.2, 0.25) is 11.8 Å². The molecule has 1 fully saturated rings. The summed E-state index contributed by atoms with van der Waals surface area (Å²) in [5.41, 5.74) is 1.51. The first-order chi connectivity index (χ1) is 13.2. The lowest BCUT2D eigenvalue weighted by Gasteiger charge is -2.30. The van der Waals surface area contributed by atoms with Gasteiger partial charge in [-0.05, 0) is 51.7 Å². The highest BCUT2D eigenvalue weighted by molar-refractivity contribution is 7.99. The van der Waals surface area contributed by atoms with Gasteiger partial charge in [-0.25, -0.2) is 4.98 Å². The minimum Gasteiger partial charge on any atom is -0.351 e. The van der Waals surface area contributed by atoms with Crippen molar-refractivity contribution in [2.24, 2.45) is 5.92 Å². The monoisotopic (exact) mass is 402 g/mol. The van der Waals surface area contributed by atoms with Crippen molar-refractivity contribution >= 4 is 34.6 Å². The Morgan fingerprint density at radius 2 is 1.89 bits per heavy atom. The fourth-order valence-corrected chi connectivity index (χ4v) is 4.21. The molecule has 3 rings (SSSR count). The summed E-state index contributed by atoms with van der Waals surface area (Å²) in [7, 11) is 0. The molecular weight excluding hydrogens is 372 g/mol. The third-order valence-electron chi connectivity index (χ3n) is 4.90. The first kappa shape index (κ1) is 20.7. The molecule has 6 nitrogen and oxygen atoms in total. The zero-order valence-electron chi connectivity index (χ0n) is 17.2. The predicted octanol–water partition coefficient (Wildman–Crippen LogP) is 3.30. The number of rotatable bonds is 5. The second-order valence-electron chi connectivity index (χ2n) is 8.62. The maximum Gasteiger partial charge on any atom is 0.242 e. The van der Waals surface area contributed by atoms with Crippen molar-refractivity contribution < 1.29 is 9.59 Å². The molecule has 152 valence electrons. The van der Waals surface area contributed by atoms with Gasteiger partial charge in [-0.15, -0.1) is 0 Å². The largest absolute Gasteiger partial charge is 0.351 e. The Morgan fingerprint density at radius 1 is 1.21 bits per heavy atom. The number of carbonyl (C=O) groups is 2. The molecule has 0 aliphatic carbocycles. The van der Waals surface area contributed by atoms with Crippen molar-refractivity contribution in [2.75, 3.05) is 18.8 Å². The van der Waals surface area contributed by atoms with Crippen LogP contribution in [0.4, 0.5) is 0 Å². The van der Waals surface area contributed by atoms with Crippen LogP contribution in [0.15, 0.2) is 29.4 Å². The lowest BCUT2D eigenvalue weighted by atomic mass is 9.99. The normalized spacial score (nSPS) is 15.8. The van der Waals surface area contributed by atoms with E-state index in [-0.39, 0.29) is 29.7 Å². The maximum atomic E-state index is 12.9. The molecule has 1 aliphatic rings. The number of fused-ring (bicyclic) bond motifs is 1. The topological polar surface area (TPSA) is 67.2 Å². The molecule has 1 N–H and O–H groups in total. The van der Waals surface area contributed by atoms with Gasteiger partial charge in [-0.3, -0.25) is 9.59 Å². The maximum absolute atomic E-state index is 12.9. The first-order valence-corrected chi connectivity index (χ1v) is 10.9. The smallest absolute Gasteiger partial charge is 0.242 e. The molecular formula is C21H30N4O2S. The highest BCUT2D eigenvalue weighted by atomic mass is 32.2. The average Bonchev–Trinajstić information content (AvgIpc) is 2.97. The summed E-state index contributed by atoms with van der Waals surface area (Å²) in [6.45, 7) is 10.0. The van der Waals surface area contributed by atoms with E-state index < -0.39 is 0 Å². The molecule has 28 heavy (non-hydrogen) atoms. The molecule has 1 aromatic carbocycles. The Labute approximate surface area is 171 Å². The van der Waals surface area contributed by atoms with E-state index in [2.05, 4.69) is 17.2 Å². The van der Waals surface area contributed by atoms with Gasteiger partial charge >= 0.3 is 0 Å². The summed E-state index contributed by atoms with van der Waals surface area (Å²) in [6.07, 6.45) is 2.12. The molecule has 2 aromatic rings. The van der Waals surface area contributed by atoms with Gasteiger partial charge in [-0.1, -0.05) is 30.8 Å². The summed E-state index contributed by atoms with van der Waals surface area (Å²) in [4.78, 5) is 31.7.